The Balaban J connectivity index is 1.48. The minimum atomic E-state index is -5.13. The maximum Gasteiger partial charge on any atom is 0.573 e. The number of amides is 2. The minimum Gasteiger partial charge on any atom is -0.464 e. The summed E-state index contributed by atoms with van der Waals surface area (Å²) in [5.74, 6) is -2.07. The maximum atomic E-state index is 14.1. The van der Waals surface area contributed by atoms with Crippen LogP contribution in [0.15, 0.2) is 121 Å². The van der Waals surface area contributed by atoms with E-state index in [1.165, 1.54) is 18.3 Å². The number of carbonyl (C=O) groups is 3. The molecule has 2 heterocycles. The number of hydrogen-bond donors (Lipinski definition) is 2. The highest BCUT2D eigenvalue weighted by molar-refractivity contribution is 6.02. The summed E-state index contributed by atoms with van der Waals surface area (Å²) >= 11 is 0. The summed E-state index contributed by atoms with van der Waals surface area (Å²) in [6.45, 7) is 4.96. The third kappa shape index (κ3) is 8.56. The van der Waals surface area contributed by atoms with Gasteiger partial charge in [0.1, 0.15) is 34.4 Å². The molecule has 1 aliphatic rings. The molecule has 1 aliphatic heterocycles. The lowest BCUT2D eigenvalue weighted by molar-refractivity contribution is -0.274. The van der Waals surface area contributed by atoms with Crippen molar-refractivity contribution in [3.63, 3.8) is 0 Å². The number of benzene rings is 4. The molecule has 0 spiro atoms. The second kappa shape index (κ2) is 15.5. The van der Waals surface area contributed by atoms with E-state index in [0.29, 0.717) is 5.39 Å². The lowest BCUT2D eigenvalue weighted by Gasteiger charge is -2.37. The van der Waals surface area contributed by atoms with Crippen molar-refractivity contribution in [2.24, 2.45) is 0 Å². The summed E-state index contributed by atoms with van der Waals surface area (Å²) in [4.78, 5) is 44.8. The monoisotopic (exact) mass is 752 g/mol. The SMILES string of the molecule is COC(=O)C(=Cc1cc2ccnc(NC(c3ccccc3)(c3ccccc3)c3ccccc3)c2cc1OC(F)(F)F)N1CC[C@H](NC(=O)OC(C)(C)C)C1=O. The Morgan fingerprint density at radius 1 is 0.855 bits per heavy atom. The first-order valence-electron chi connectivity index (χ1n) is 17.4. The number of methoxy groups -OCH3 is 1. The van der Waals surface area contributed by atoms with Crippen molar-refractivity contribution in [3.05, 3.63) is 143 Å². The van der Waals surface area contributed by atoms with Gasteiger partial charge in [0.05, 0.1) is 7.11 Å². The first-order valence-corrected chi connectivity index (χ1v) is 17.4. The molecule has 0 saturated carbocycles. The smallest absolute Gasteiger partial charge is 0.464 e. The largest absolute Gasteiger partial charge is 0.573 e. The number of halogens is 3. The number of alkyl carbamates (subject to hydrolysis) is 1. The Labute approximate surface area is 315 Å². The Kier molecular flexibility index (Phi) is 10.8. The fraction of sp³-hybridized carbons (Fsp3) is 0.238. The molecule has 0 unspecified atom stereocenters. The van der Waals surface area contributed by atoms with E-state index >= 15 is 0 Å². The molecule has 0 bridgehead atoms. The topological polar surface area (TPSA) is 119 Å². The van der Waals surface area contributed by atoms with Gasteiger partial charge in [0.25, 0.3) is 0 Å². The minimum absolute atomic E-state index is 0.0399. The molecule has 0 radical (unpaired) electrons. The molecule has 1 fully saturated rings. The molecule has 4 aromatic carbocycles. The second-order valence-electron chi connectivity index (χ2n) is 13.8. The van der Waals surface area contributed by atoms with Crippen LogP contribution in [0.3, 0.4) is 0 Å². The van der Waals surface area contributed by atoms with Crippen molar-refractivity contribution >= 4 is 40.6 Å². The zero-order chi connectivity index (χ0) is 39.4. The van der Waals surface area contributed by atoms with Crippen LogP contribution in [-0.2, 0) is 24.6 Å². The highest BCUT2D eigenvalue weighted by atomic mass is 19.4. The van der Waals surface area contributed by atoms with Gasteiger partial charge in [0, 0.05) is 23.7 Å². The van der Waals surface area contributed by atoms with E-state index in [9.17, 15) is 27.6 Å². The molecule has 1 aromatic heterocycles. The number of ether oxygens (including phenoxy) is 3. The quantitative estimate of drug-likeness (QED) is 0.0834. The zero-order valence-electron chi connectivity index (χ0n) is 30.5. The average molecular weight is 753 g/mol. The number of fused-ring (bicyclic) bond motifs is 1. The van der Waals surface area contributed by atoms with E-state index < -0.39 is 47.3 Å². The number of rotatable bonds is 10. The van der Waals surface area contributed by atoms with Crippen molar-refractivity contribution in [1.82, 2.24) is 15.2 Å². The lowest BCUT2D eigenvalue weighted by Crippen LogP contribution is -2.44. The fourth-order valence-corrected chi connectivity index (χ4v) is 6.60. The predicted molar refractivity (Wildman–Crippen MR) is 201 cm³/mol. The zero-order valence-corrected chi connectivity index (χ0v) is 30.5. The first-order chi connectivity index (χ1) is 26.2. The van der Waals surface area contributed by atoms with Gasteiger partial charge in [0.2, 0.25) is 5.91 Å². The highest BCUT2D eigenvalue weighted by Gasteiger charge is 2.40. The predicted octanol–water partition coefficient (Wildman–Crippen LogP) is 8.18. The molecule has 0 aliphatic carbocycles. The van der Waals surface area contributed by atoms with Crippen LogP contribution in [0, 0.1) is 0 Å². The van der Waals surface area contributed by atoms with Gasteiger partial charge in [-0.15, -0.1) is 13.2 Å². The summed E-state index contributed by atoms with van der Waals surface area (Å²) in [5.41, 5.74) is 0.118. The lowest BCUT2D eigenvalue weighted by atomic mass is 9.77. The van der Waals surface area contributed by atoms with Crippen molar-refractivity contribution in [1.29, 1.82) is 0 Å². The van der Waals surface area contributed by atoms with Gasteiger partial charge in [-0.25, -0.2) is 14.6 Å². The second-order valence-corrected chi connectivity index (χ2v) is 13.8. The molecule has 284 valence electrons. The number of alkyl halides is 3. The van der Waals surface area contributed by atoms with Crippen LogP contribution < -0.4 is 15.4 Å². The number of carbonyl (C=O) groups excluding carboxylic acids is 3. The summed E-state index contributed by atoms with van der Waals surface area (Å²) in [6, 6.07) is 32.0. The molecule has 55 heavy (non-hydrogen) atoms. The van der Waals surface area contributed by atoms with Crippen LogP contribution >= 0.6 is 0 Å². The van der Waals surface area contributed by atoms with E-state index in [-0.39, 0.29) is 35.4 Å². The van der Waals surface area contributed by atoms with Crippen LogP contribution in [0.5, 0.6) is 5.75 Å². The fourth-order valence-electron chi connectivity index (χ4n) is 6.60. The molecule has 13 heteroatoms. The Bertz CT molecular complexity index is 2110. The van der Waals surface area contributed by atoms with Gasteiger partial charge in [-0.05, 0) is 73.5 Å². The number of likely N-dealkylation sites (tertiary alicyclic amines) is 1. The first kappa shape index (κ1) is 38.4. The highest BCUT2D eigenvalue weighted by Crippen LogP contribution is 2.42. The number of pyridine rings is 1. The molecule has 5 aromatic rings. The maximum absolute atomic E-state index is 14.1. The van der Waals surface area contributed by atoms with Crippen molar-refractivity contribution < 1.29 is 41.8 Å². The molecule has 2 amide bonds. The van der Waals surface area contributed by atoms with E-state index in [2.05, 4.69) is 20.4 Å². The normalized spacial score (nSPS) is 15.1. The number of aromatic nitrogens is 1. The van der Waals surface area contributed by atoms with E-state index in [1.54, 1.807) is 26.8 Å². The molecular formula is C42H39F3N4O6. The standard InChI is InChI=1S/C42H39F3N4O6/c1-40(2,3)55-39(52)47-33-21-23-49(37(33)50)34(38(51)53-4)25-28-24-27-20-22-46-36(32(27)26-35(28)54-42(43,44)45)48-41(29-14-8-5-9-15-29,30-16-10-6-11-17-30)31-18-12-7-13-19-31/h5-20,22,24-26,33H,21,23H2,1-4H3,(H,46,48)(H,47,52)/t33-/m0/s1. The Hall–Kier alpha value is -6.37. The van der Waals surface area contributed by atoms with Gasteiger partial charge in [-0.2, -0.15) is 0 Å². The molecule has 2 N–H and O–H groups in total. The van der Waals surface area contributed by atoms with Gasteiger partial charge in [-0.3, -0.25) is 4.79 Å². The van der Waals surface area contributed by atoms with Crippen LogP contribution in [0.4, 0.5) is 23.8 Å². The van der Waals surface area contributed by atoms with Gasteiger partial charge in [0.15, 0.2) is 0 Å². The number of anilines is 1. The summed E-state index contributed by atoms with van der Waals surface area (Å²) < 4.78 is 57.1. The van der Waals surface area contributed by atoms with E-state index in [1.807, 2.05) is 91.0 Å². The van der Waals surface area contributed by atoms with Gasteiger partial charge in [-0.1, -0.05) is 91.0 Å². The molecular weight excluding hydrogens is 713 g/mol. The number of nitrogens with one attached hydrogen (secondary N) is 2. The van der Waals surface area contributed by atoms with Crippen LogP contribution in [0.2, 0.25) is 0 Å². The van der Waals surface area contributed by atoms with Gasteiger partial charge < -0.3 is 29.7 Å². The Morgan fingerprint density at radius 3 is 1.93 bits per heavy atom. The van der Waals surface area contributed by atoms with Crippen LogP contribution in [-0.4, -0.2) is 59.5 Å². The van der Waals surface area contributed by atoms with Crippen LogP contribution in [0.1, 0.15) is 49.4 Å². The van der Waals surface area contributed by atoms with Gasteiger partial charge >= 0.3 is 18.4 Å². The summed E-state index contributed by atoms with van der Waals surface area (Å²) in [5, 5.41) is 6.84. The number of esters is 1. The van der Waals surface area contributed by atoms with Crippen LogP contribution in [0.25, 0.3) is 16.8 Å². The number of nitrogens with zero attached hydrogens (tertiary/aromatic N) is 2. The summed E-state index contributed by atoms with van der Waals surface area (Å²) in [6.07, 6.45) is -3.24. The number of hydrogen-bond acceptors (Lipinski definition) is 8. The molecule has 6 rings (SSSR count). The van der Waals surface area contributed by atoms with Crippen molar-refractivity contribution in [2.75, 3.05) is 19.0 Å². The van der Waals surface area contributed by atoms with E-state index in [0.717, 1.165) is 34.8 Å². The molecule has 1 saturated heterocycles. The van der Waals surface area contributed by atoms with E-state index in [4.69, 9.17) is 9.47 Å². The molecule has 1 atom stereocenters. The van der Waals surface area contributed by atoms with Crippen molar-refractivity contribution in [2.45, 2.75) is 50.7 Å². The van der Waals surface area contributed by atoms with Crippen molar-refractivity contribution in [3.8, 4) is 5.75 Å². The molecule has 10 nitrogen and oxygen atoms in total. The average Bonchev–Trinajstić information content (AvgIpc) is 3.50. The summed E-state index contributed by atoms with van der Waals surface area (Å²) in [7, 11) is 1.09. The third-order valence-corrected chi connectivity index (χ3v) is 8.92. The Morgan fingerprint density at radius 2 is 1.42 bits per heavy atom. The third-order valence-electron chi connectivity index (χ3n) is 8.92.